The molecule has 0 aliphatic heterocycles. The molecule has 0 saturated heterocycles. The summed E-state index contributed by atoms with van der Waals surface area (Å²) in [5.74, 6) is -0.127. The molecule has 1 amide bonds. The van der Waals surface area contributed by atoms with Crippen LogP contribution in [0.15, 0.2) is 28.7 Å². The Hall–Kier alpha value is -0.870. The van der Waals surface area contributed by atoms with Crippen molar-refractivity contribution in [3.63, 3.8) is 0 Å². The zero-order valence-electron chi connectivity index (χ0n) is 11.4. The van der Waals surface area contributed by atoms with E-state index in [0.717, 1.165) is 10.0 Å². The molecule has 0 radical (unpaired) electrons. The second kappa shape index (κ2) is 5.41. The first-order chi connectivity index (χ1) is 8.19. The fraction of sp³-hybridized carbons (Fsp3) is 0.500. The molecule has 0 spiro atoms. The van der Waals surface area contributed by atoms with Gasteiger partial charge in [0.2, 0.25) is 5.91 Å². The minimum Gasteiger partial charge on any atom is -0.346 e. The van der Waals surface area contributed by atoms with Crippen LogP contribution in [0.25, 0.3) is 0 Å². The molecule has 100 valence electrons. The van der Waals surface area contributed by atoms with Gasteiger partial charge in [0.15, 0.2) is 0 Å². The van der Waals surface area contributed by atoms with Crippen LogP contribution in [0.5, 0.6) is 0 Å². The highest BCUT2D eigenvalue weighted by Crippen LogP contribution is 2.23. The molecule has 1 atom stereocenters. The Morgan fingerprint density at radius 3 is 2.22 bits per heavy atom. The van der Waals surface area contributed by atoms with Gasteiger partial charge in [-0.25, -0.2) is 0 Å². The highest BCUT2D eigenvalue weighted by atomic mass is 79.9. The average molecular weight is 313 g/mol. The van der Waals surface area contributed by atoms with Crippen molar-refractivity contribution in [2.24, 2.45) is 5.73 Å². The van der Waals surface area contributed by atoms with E-state index >= 15 is 0 Å². The first kappa shape index (κ1) is 15.2. The second-order valence-electron chi connectivity index (χ2n) is 5.36. The molecule has 0 aromatic heterocycles. The lowest BCUT2D eigenvalue weighted by Gasteiger charge is -2.32. The van der Waals surface area contributed by atoms with E-state index in [1.807, 2.05) is 45.0 Å². The summed E-state index contributed by atoms with van der Waals surface area (Å²) >= 11 is 3.40. The van der Waals surface area contributed by atoms with Crippen molar-refractivity contribution >= 4 is 21.8 Å². The summed E-state index contributed by atoms with van der Waals surface area (Å²) in [4.78, 5) is 12.1. The SMILES string of the molecule is CCC(C)(N)C(=O)NC(C)(C)c1ccc(Br)cc1. The van der Waals surface area contributed by atoms with Gasteiger partial charge in [-0.15, -0.1) is 0 Å². The predicted molar refractivity (Wildman–Crippen MR) is 78.2 cm³/mol. The van der Waals surface area contributed by atoms with Gasteiger partial charge in [0.25, 0.3) is 0 Å². The van der Waals surface area contributed by atoms with Crippen LogP contribution in [0.2, 0.25) is 0 Å². The number of hydrogen-bond acceptors (Lipinski definition) is 2. The Labute approximate surface area is 117 Å². The smallest absolute Gasteiger partial charge is 0.240 e. The van der Waals surface area contributed by atoms with Crippen LogP contribution in [0, 0.1) is 0 Å². The third-order valence-electron chi connectivity index (χ3n) is 3.25. The first-order valence-corrected chi connectivity index (χ1v) is 6.86. The lowest BCUT2D eigenvalue weighted by molar-refractivity contribution is -0.127. The van der Waals surface area contributed by atoms with Crippen LogP contribution in [0.1, 0.15) is 39.7 Å². The van der Waals surface area contributed by atoms with E-state index in [-0.39, 0.29) is 5.91 Å². The van der Waals surface area contributed by atoms with Crippen molar-refractivity contribution in [3.8, 4) is 0 Å². The number of halogens is 1. The van der Waals surface area contributed by atoms with Crippen LogP contribution < -0.4 is 11.1 Å². The van der Waals surface area contributed by atoms with Crippen LogP contribution >= 0.6 is 15.9 Å². The summed E-state index contributed by atoms with van der Waals surface area (Å²) in [7, 11) is 0. The van der Waals surface area contributed by atoms with E-state index in [1.54, 1.807) is 6.92 Å². The maximum Gasteiger partial charge on any atom is 0.240 e. The number of nitrogens with two attached hydrogens (primary N) is 1. The molecule has 1 unspecified atom stereocenters. The molecule has 0 aliphatic rings. The van der Waals surface area contributed by atoms with Gasteiger partial charge < -0.3 is 11.1 Å². The number of benzene rings is 1. The van der Waals surface area contributed by atoms with E-state index in [9.17, 15) is 4.79 Å². The molecular weight excluding hydrogens is 292 g/mol. The van der Waals surface area contributed by atoms with Gasteiger partial charge in [0.1, 0.15) is 0 Å². The fourth-order valence-electron chi connectivity index (χ4n) is 1.53. The molecule has 0 bridgehead atoms. The molecule has 0 saturated carbocycles. The average Bonchev–Trinajstić information content (AvgIpc) is 2.29. The fourth-order valence-corrected chi connectivity index (χ4v) is 1.79. The summed E-state index contributed by atoms with van der Waals surface area (Å²) in [6, 6.07) is 7.91. The van der Waals surface area contributed by atoms with Gasteiger partial charge in [-0.05, 0) is 44.9 Å². The minimum atomic E-state index is -0.827. The van der Waals surface area contributed by atoms with E-state index in [2.05, 4.69) is 21.2 Å². The topological polar surface area (TPSA) is 55.1 Å². The molecule has 1 rings (SSSR count). The molecular formula is C14H21BrN2O. The molecule has 18 heavy (non-hydrogen) atoms. The summed E-state index contributed by atoms with van der Waals surface area (Å²) in [6.45, 7) is 7.60. The third-order valence-corrected chi connectivity index (χ3v) is 3.77. The monoisotopic (exact) mass is 312 g/mol. The molecule has 0 aliphatic carbocycles. The molecule has 1 aromatic rings. The van der Waals surface area contributed by atoms with E-state index in [4.69, 9.17) is 5.73 Å². The third kappa shape index (κ3) is 3.56. The van der Waals surface area contributed by atoms with Crippen molar-refractivity contribution in [1.82, 2.24) is 5.32 Å². The predicted octanol–water partition coefficient (Wildman–Crippen LogP) is 2.93. The highest BCUT2D eigenvalue weighted by Gasteiger charge is 2.31. The lowest BCUT2D eigenvalue weighted by atomic mass is 9.91. The van der Waals surface area contributed by atoms with Gasteiger partial charge in [0.05, 0.1) is 11.1 Å². The normalized spacial score (nSPS) is 15.0. The van der Waals surface area contributed by atoms with Crippen LogP contribution in [-0.2, 0) is 10.3 Å². The first-order valence-electron chi connectivity index (χ1n) is 6.06. The Balaban J connectivity index is 2.88. The molecule has 0 heterocycles. The Morgan fingerprint density at radius 2 is 1.78 bits per heavy atom. The van der Waals surface area contributed by atoms with E-state index in [1.165, 1.54) is 0 Å². The van der Waals surface area contributed by atoms with Gasteiger partial charge in [-0.1, -0.05) is 35.0 Å². The number of amides is 1. The zero-order valence-corrected chi connectivity index (χ0v) is 13.0. The zero-order chi connectivity index (χ0) is 14.0. The Kier molecular flexibility index (Phi) is 4.56. The van der Waals surface area contributed by atoms with E-state index < -0.39 is 11.1 Å². The summed E-state index contributed by atoms with van der Waals surface area (Å²) < 4.78 is 1.02. The maximum absolute atomic E-state index is 12.1. The number of hydrogen-bond donors (Lipinski definition) is 2. The summed E-state index contributed by atoms with van der Waals surface area (Å²) in [5, 5.41) is 3.00. The molecule has 0 fully saturated rings. The van der Waals surface area contributed by atoms with Crippen molar-refractivity contribution in [3.05, 3.63) is 34.3 Å². The molecule has 4 heteroatoms. The van der Waals surface area contributed by atoms with Crippen molar-refractivity contribution < 1.29 is 4.79 Å². The lowest BCUT2D eigenvalue weighted by Crippen LogP contribution is -2.55. The Bertz CT molecular complexity index is 424. The van der Waals surface area contributed by atoms with Crippen LogP contribution in [-0.4, -0.2) is 11.4 Å². The van der Waals surface area contributed by atoms with Crippen molar-refractivity contribution in [2.45, 2.75) is 45.2 Å². The Morgan fingerprint density at radius 1 is 1.28 bits per heavy atom. The van der Waals surface area contributed by atoms with E-state index in [0.29, 0.717) is 6.42 Å². The largest absolute Gasteiger partial charge is 0.346 e. The van der Waals surface area contributed by atoms with Gasteiger partial charge in [0, 0.05) is 4.47 Å². The number of carbonyl (C=O) groups excluding carboxylic acids is 1. The standard InChI is InChI=1S/C14H21BrN2O/c1-5-14(4,16)12(18)17-13(2,3)10-6-8-11(15)9-7-10/h6-9H,5,16H2,1-4H3,(H,17,18). The highest BCUT2D eigenvalue weighted by molar-refractivity contribution is 9.10. The van der Waals surface area contributed by atoms with Gasteiger partial charge in [-0.3, -0.25) is 4.79 Å². The molecule has 3 N–H and O–H groups in total. The summed E-state index contributed by atoms with van der Waals surface area (Å²) in [6.07, 6.45) is 0.606. The molecule has 1 aromatic carbocycles. The maximum atomic E-state index is 12.1. The second-order valence-corrected chi connectivity index (χ2v) is 6.27. The van der Waals surface area contributed by atoms with Crippen LogP contribution in [0.4, 0.5) is 0 Å². The number of rotatable bonds is 4. The minimum absolute atomic E-state index is 0.127. The number of nitrogens with one attached hydrogen (secondary N) is 1. The molecule has 3 nitrogen and oxygen atoms in total. The summed E-state index contributed by atoms with van der Waals surface area (Å²) in [5.41, 5.74) is 5.73. The number of carbonyl (C=O) groups is 1. The van der Waals surface area contributed by atoms with Crippen molar-refractivity contribution in [2.75, 3.05) is 0 Å². The van der Waals surface area contributed by atoms with Crippen LogP contribution in [0.3, 0.4) is 0 Å². The van der Waals surface area contributed by atoms with Crippen molar-refractivity contribution in [1.29, 1.82) is 0 Å². The quantitative estimate of drug-likeness (QED) is 0.898. The van der Waals surface area contributed by atoms with Gasteiger partial charge >= 0.3 is 0 Å². The van der Waals surface area contributed by atoms with Gasteiger partial charge in [-0.2, -0.15) is 0 Å².